The maximum atomic E-state index is 5.88. The standard InChI is InChI=1S/C14H14BrClN2/c15-11-2-1-3-13(8-11)18-14(9-17)10-4-6-12(16)7-5-10/h1-8,14,18H,9,17H2. The maximum absolute atomic E-state index is 5.88. The molecule has 0 fully saturated rings. The Morgan fingerprint density at radius 3 is 2.50 bits per heavy atom. The molecule has 0 aromatic heterocycles. The summed E-state index contributed by atoms with van der Waals surface area (Å²) in [4.78, 5) is 0. The highest BCUT2D eigenvalue weighted by molar-refractivity contribution is 9.10. The van der Waals surface area contributed by atoms with Crippen molar-refractivity contribution in [1.82, 2.24) is 0 Å². The van der Waals surface area contributed by atoms with E-state index in [0.29, 0.717) is 6.54 Å². The summed E-state index contributed by atoms with van der Waals surface area (Å²) < 4.78 is 1.04. The highest BCUT2D eigenvalue weighted by atomic mass is 79.9. The van der Waals surface area contributed by atoms with Crippen molar-refractivity contribution in [3.8, 4) is 0 Å². The number of hydrogen-bond donors (Lipinski definition) is 2. The van der Waals surface area contributed by atoms with Gasteiger partial charge in [0.1, 0.15) is 0 Å². The Labute approximate surface area is 120 Å². The predicted molar refractivity (Wildman–Crippen MR) is 81.0 cm³/mol. The van der Waals surface area contributed by atoms with E-state index in [1.54, 1.807) is 0 Å². The first-order valence-electron chi connectivity index (χ1n) is 5.66. The van der Waals surface area contributed by atoms with Crippen LogP contribution in [0.4, 0.5) is 5.69 Å². The van der Waals surface area contributed by atoms with Crippen LogP contribution in [0.3, 0.4) is 0 Å². The van der Waals surface area contributed by atoms with E-state index in [1.807, 2.05) is 48.5 Å². The second-order valence-corrected chi connectivity index (χ2v) is 5.35. The van der Waals surface area contributed by atoms with E-state index in [9.17, 15) is 0 Å². The summed E-state index contributed by atoms with van der Waals surface area (Å²) in [6.07, 6.45) is 0. The van der Waals surface area contributed by atoms with E-state index in [1.165, 1.54) is 0 Å². The van der Waals surface area contributed by atoms with Gasteiger partial charge in [-0.25, -0.2) is 0 Å². The zero-order valence-electron chi connectivity index (χ0n) is 9.74. The van der Waals surface area contributed by atoms with Crippen molar-refractivity contribution in [2.45, 2.75) is 6.04 Å². The normalized spacial score (nSPS) is 12.2. The quantitative estimate of drug-likeness (QED) is 0.883. The van der Waals surface area contributed by atoms with Gasteiger partial charge in [0.25, 0.3) is 0 Å². The smallest absolute Gasteiger partial charge is 0.0636 e. The second kappa shape index (κ2) is 6.23. The Kier molecular flexibility index (Phi) is 4.64. The third-order valence-electron chi connectivity index (χ3n) is 2.67. The van der Waals surface area contributed by atoms with E-state index in [-0.39, 0.29) is 6.04 Å². The third kappa shape index (κ3) is 3.48. The second-order valence-electron chi connectivity index (χ2n) is 3.99. The highest BCUT2D eigenvalue weighted by Gasteiger charge is 2.09. The first kappa shape index (κ1) is 13.4. The molecule has 0 radical (unpaired) electrons. The minimum absolute atomic E-state index is 0.0802. The Bertz CT molecular complexity index is 513. The van der Waals surface area contributed by atoms with E-state index < -0.39 is 0 Å². The predicted octanol–water partition coefficient (Wildman–Crippen LogP) is 4.21. The number of anilines is 1. The number of nitrogens with one attached hydrogen (secondary N) is 1. The van der Waals surface area contributed by atoms with Crippen LogP contribution in [0, 0.1) is 0 Å². The summed E-state index contributed by atoms with van der Waals surface area (Å²) in [6, 6.07) is 15.8. The molecule has 4 heteroatoms. The summed E-state index contributed by atoms with van der Waals surface area (Å²) in [5, 5.41) is 4.14. The van der Waals surface area contributed by atoms with Crippen LogP contribution in [0.2, 0.25) is 5.02 Å². The van der Waals surface area contributed by atoms with Gasteiger partial charge in [-0.1, -0.05) is 45.7 Å². The number of hydrogen-bond acceptors (Lipinski definition) is 2. The van der Waals surface area contributed by atoms with Gasteiger partial charge in [0, 0.05) is 21.7 Å². The summed E-state index contributed by atoms with van der Waals surface area (Å²) >= 11 is 9.33. The molecule has 0 bridgehead atoms. The number of rotatable bonds is 4. The SMILES string of the molecule is NCC(Nc1cccc(Br)c1)c1ccc(Cl)cc1. The van der Waals surface area contributed by atoms with Gasteiger partial charge in [0.05, 0.1) is 6.04 Å². The first-order chi connectivity index (χ1) is 8.69. The zero-order chi connectivity index (χ0) is 13.0. The fraction of sp³-hybridized carbons (Fsp3) is 0.143. The van der Waals surface area contributed by atoms with Gasteiger partial charge < -0.3 is 11.1 Å². The van der Waals surface area contributed by atoms with Crippen LogP contribution in [0.1, 0.15) is 11.6 Å². The molecule has 0 saturated carbocycles. The topological polar surface area (TPSA) is 38.0 Å². The van der Waals surface area contributed by atoms with Gasteiger partial charge >= 0.3 is 0 Å². The van der Waals surface area contributed by atoms with Crippen molar-refractivity contribution >= 4 is 33.2 Å². The van der Waals surface area contributed by atoms with Crippen molar-refractivity contribution in [1.29, 1.82) is 0 Å². The van der Waals surface area contributed by atoms with Crippen LogP contribution < -0.4 is 11.1 Å². The molecule has 94 valence electrons. The van der Waals surface area contributed by atoms with E-state index in [2.05, 4.69) is 21.2 Å². The molecular formula is C14H14BrClN2. The molecule has 0 aliphatic rings. The lowest BCUT2D eigenvalue weighted by atomic mass is 10.1. The van der Waals surface area contributed by atoms with Crippen molar-refractivity contribution in [3.63, 3.8) is 0 Å². The van der Waals surface area contributed by atoms with Crippen molar-refractivity contribution < 1.29 is 0 Å². The Morgan fingerprint density at radius 2 is 1.89 bits per heavy atom. The lowest BCUT2D eigenvalue weighted by Crippen LogP contribution is -2.20. The lowest BCUT2D eigenvalue weighted by molar-refractivity contribution is 0.790. The number of benzene rings is 2. The molecule has 3 N–H and O–H groups in total. The molecule has 0 saturated heterocycles. The fourth-order valence-electron chi connectivity index (χ4n) is 1.75. The Balaban J connectivity index is 2.17. The molecule has 0 aliphatic heterocycles. The van der Waals surface area contributed by atoms with Gasteiger partial charge in [-0.3, -0.25) is 0 Å². The largest absolute Gasteiger partial charge is 0.377 e. The molecule has 18 heavy (non-hydrogen) atoms. The van der Waals surface area contributed by atoms with Crippen LogP contribution in [0.5, 0.6) is 0 Å². The summed E-state index contributed by atoms with van der Waals surface area (Å²) in [5.41, 5.74) is 7.99. The zero-order valence-corrected chi connectivity index (χ0v) is 12.1. The maximum Gasteiger partial charge on any atom is 0.0636 e. The fourth-order valence-corrected chi connectivity index (χ4v) is 2.28. The molecule has 0 amide bonds. The van der Waals surface area contributed by atoms with Gasteiger partial charge in [0.15, 0.2) is 0 Å². The van der Waals surface area contributed by atoms with Crippen LogP contribution in [0.15, 0.2) is 53.0 Å². The van der Waals surface area contributed by atoms with Crippen molar-refractivity contribution in [3.05, 3.63) is 63.6 Å². The average molecular weight is 326 g/mol. The van der Waals surface area contributed by atoms with Gasteiger partial charge in [-0.2, -0.15) is 0 Å². The Hall–Kier alpha value is -1.03. The van der Waals surface area contributed by atoms with E-state index in [0.717, 1.165) is 20.7 Å². The average Bonchev–Trinajstić information content (AvgIpc) is 2.37. The van der Waals surface area contributed by atoms with Gasteiger partial charge in [0.2, 0.25) is 0 Å². The highest BCUT2D eigenvalue weighted by Crippen LogP contribution is 2.22. The third-order valence-corrected chi connectivity index (χ3v) is 3.42. The molecule has 2 nitrogen and oxygen atoms in total. The van der Waals surface area contributed by atoms with E-state index >= 15 is 0 Å². The molecule has 0 heterocycles. The molecule has 1 atom stereocenters. The lowest BCUT2D eigenvalue weighted by Gasteiger charge is -2.19. The van der Waals surface area contributed by atoms with Crippen molar-refractivity contribution in [2.24, 2.45) is 5.73 Å². The minimum atomic E-state index is 0.0802. The molecule has 2 aromatic rings. The van der Waals surface area contributed by atoms with Gasteiger partial charge in [-0.05, 0) is 35.9 Å². The molecule has 0 spiro atoms. The minimum Gasteiger partial charge on any atom is -0.377 e. The number of halogens is 2. The summed E-state index contributed by atoms with van der Waals surface area (Å²) in [6.45, 7) is 0.522. The monoisotopic (exact) mass is 324 g/mol. The molecule has 0 aliphatic carbocycles. The van der Waals surface area contributed by atoms with Crippen LogP contribution in [0.25, 0.3) is 0 Å². The first-order valence-corrected chi connectivity index (χ1v) is 6.84. The molecule has 2 rings (SSSR count). The summed E-state index contributed by atoms with van der Waals surface area (Å²) in [7, 11) is 0. The Morgan fingerprint density at radius 1 is 1.17 bits per heavy atom. The molecule has 2 aromatic carbocycles. The molecule has 1 unspecified atom stereocenters. The van der Waals surface area contributed by atoms with Crippen molar-refractivity contribution in [2.75, 3.05) is 11.9 Å². The van der Waals surface area contributed by atoms with E-state index in [4.69, 9.17) is 17.3 Å². The molecular weight excluding hydrogens is 312 g/mol. The van der Waals surface area contributed by atoms with Crippen LogP contribution >= 0.6 is 27.5 Å². The van der Waals surface area contributed by atoms with Gasteiger partial charge in [-0.15, -0.1) is 0 Å². The number of nitrogens with two attached hydrogens (primary N) is 1. The van der Waals surface area contributed by atoms with Crippen LogP contribution in [-0.2, 0) is 0 Å². The summed E-state index contributed by atoms with van der Waals surface area (Å²) in [5.74, 6) is 0. The van der Waals surface area contributed by atoms with Crippen LogP contribution in [-0.4, -0.2) is 6.54 Å².